The highest BCUT2D eigenvalue weighted by atomic mass is 19.2. The van der Waals surface area contributed by atoms with Gasteiger partial charge in [-0.05, 0) is 92.8 Å². The van der Waals surface area contributed by atoms with Gasteiger partial charge < -0.3 is 15.6 Å². The average molecular weight is 553 g/mol. The minimum atomic E-state index is -1.54. The first-order chi connectivity index (χ1) is 19.2. The molecule has 40 heavy (non-hydrogen) atoms. The molecule has 2 fully saturated rings. The van der Waals surface area contributed by atoms with Crippen LogP contribution in [0.3, 0.4) is 0 Å². The summed E-state index contributed by atoms with van der Waals surface area (Å²) in [5, 5.41) is 1.27. The Kier molecular flexibility index (Phi) is 8.30. The summed E-state index contributed by atoms with van der Waals surface area (Å²) in [5.41, 5.74) is 8.06. The summed E-state index contributed by atoms with van der Waals surface area (Å²) < 4.78 is 40.6. The van der Waals surface area contributed by atoms with E-state index in [0.717, 1.165) is 43.3 Å². The Balaban J connectivity index is 1.29. The maximum atomic E-state index is 13.6. The number of piperidine rings is 1. The van der Waals surface area contributed by atoms with Gasteiger partial charge in [0.2, 0.25) is 11.8 Å². The zero-order valence-electron chi connectivity index (χ0n) is 22.6. The molecule has 212 valence electrons. The summed E-state index contributed by atoms with van der Waals surface area (Å²) in [4.78, 5) is 32.4. The van der Waals surface area contributed by atoms with Gasteiger partial charge in [0, 0.05) is 42.2 Å². The van der Waals surface area contributed by atoms with Crippen LogP contribution >= 0.6 is 0 Å². The number of amides is 2. The van der Waals surface area contributed by atoms with E-state index in [0.29, 0.717) is 25.3 Å². The monoisotopic (exact) mass is 552 g/mol. The molecule has 0 radical (unpaired) electrons. The minimum Gasteiger partial charge on any atom is -0.370 e. The molecular formula is C31H35F3N4O2. The van der Waals surface area contributed by atoms with Crippen LogP contribution in [-0.4, -0.2) is 52.4 Å². The topological polar surface area (TPSA) is 82.4 Å². The summed E-state index contributed by atoms with van der Waals surface area (Å²) in [6, 6.07) is 10.3. The number of para-hydroxylation sites is 1. The Labute approximate surface area is 232 Å². The van der Waals surface area contributed by atoms with Crippen molar-refractivity contribution in [1.82, 2.24) is 14.8 Å². The fourth-order valence-corrected chi connectivity index (χ4v) is 6.53. The Morgan fingerprint density at radius 3 is 2.48 bits per heavy atom. The molecule has 1 aliphatic carbocycles. The number of nitrogens with one attached hydrogen (secondary N) is 1. The van der Waals surface area contributed by atoms with Crippen molar-refractivity contribution in [2.24, 2.45) is 11.7 Å². The lowest BCUT2D eigenvalue weighted by Gasteiger charge is -2.47. The predicted octanol–water partition coefficient (Wildman–Crippen LogP) is 5.70. The highest BCUT2D eigenvalue weighted by molar-refractivity contribution is 5.92. The number of aromatic nitrogens is 1. The lowest BCUT2D eigenvalue weighted by atomic mass is 9.80. The molecular weight excluding hydrogens is 517 g/mol. The number of carbonyl (C=O) groups excluding carboxylic acids is 2. The molecule has 1 saturated heterocycles. The van der Waals surface area contributed by atoms with Crippen LogP contribution in [0.2, 0.25) is 0 Å². The number of H-pyrrole nitrogens is 1. The van der Waals surface area contributed by atoms with Crippen molar-refractivity contribution >= 4 is 28.8 Å². The molecule has 2 amide bonds. The van der Waals surface area contributed by atoms with Gasteiger partial charge in [-0.25, -0.2) is 13.2 Å². The molecule has 0 spiro atoms. The smallest absolute Gasteiger partial charge is 0.247 e. The normalized spacial score (nSPS) is 23.8. The summed E-state index contributed by atoms with van der Waals surface area (Å²) >= 11 is 0. The van der Waals surface area contributed by atoms with Gasteiger partial charge in [-0.3, -0.25) is 14.5 Å². The number of nitrogens with zero attached hydrogens (tertiary/aromatic N) is 2. The second-order valence-electron chi connectivity index (χ2n) is 11.2. The van der Waals surface area contributed by atoms with E-state index in [9.17, 15) is 22.8 Å². The van der Waals surface area contributed by atoms with E-state index in [1.807, 2.05) is 13.1 Å². The van der Waals surface area contributed by atoms with Crippen LogP contribution in [0.25, 0.3) is 17.0 Å². The molecule has 3 aromatic rings. The third kappa shape index (κ3) is 5.94. The number of primary amides is 1. The molecule has 1 saturated carbocycles. The Bertz CT molecular complexity index is 1390. The lowest BCUT2D eigenvalue weighted by molar-refractivity contribution is -0.137. The standard InChI is InChI=1S/C31H35F3N4O2/c1-37(22-9-7-21(8-10-22)24-18-36-27-5-3-2-4-23(24)27)29-17-20(16-28(35)39)12-13-38(29)30(40)11-6-19-14-25(32)31(34)26(33)15-19/h2-6,11,14-15,18,20-22,29,36H,7-10,12-13,16-17H2,1H3,(H2,35,39)/b11-6+. The van der Waals surface area contributed by atoms with Gasteiger partial charge in [0.05, 0.1) is 6.17 Å². The van der Waals surface area contributed by atoms with E-state index >= 15 is 0 Å². The van der Waals surface area contributed by atoms with Gasteiger partial charge in [0.1, 0.15) is 0 Å². The van der Waals surface area contributed by atoms with Gasteiger partial charge in [0.25, 0.3) is 0 Å². The van der Waals surface area contributed by atoms with E-state index < -0.39 is 17.5 Å². The molecule has 5 rings (SSSR count). The van der Waals surface area contributed by atoms with E-state index in [4.69, 9.17) is 5.73 Å². The number of hydrogen-bond donors (Lipinski definition) is 2. The van der Waals surface area contributed by atoms with Crippen molar-refractivity contribution in [3.8, 4) is 0 Å². The van der Waals surface area contributed by atoms with Gasteiger partial charge >= 0.3 is 0 Å². The maximum Gasteiger partial charge on any atom is 0.247 e. The van der Waals surface area contributed by atoms with E-state index in [1.165, 1.54) is 23.1 Å². The van der Waals surface area contributed by atoms with Gasteiger partial charge in [-0.15, -0.1) is 0 Å². The number of aromatic amines is 1. The fourth-order valence-electron chi connectivity index (χ4n) is 6.53. The van der Waals surface area contributed by atoms with Crippen LogP contribution in [0, 0.1) is 23.4 Å². The molecule has 6 nitrogen and oxygen atoms in total. The van der Waals surface area contributed by atoms with Crippen molar-refractivity contribution in [1.29, 1.82) is 0 Å². The molecule has 2 heterocycles. The number of benzene rings is 2. The Morgan fingerprint density at radius 2 is 1.77 bits per heavy atom. The highest BCUT2D eigenvalue weighted by Gasteiger charge is 2.37. The summed E-state index contributed by atoms with van der Waals surface area (Å²) in [5.74, 6) is -4.27. The highest BCUT2D eigenvalue weighted by Crippen LogP contribution is 2.39. The van der Waals surface area contributed by atoms with Crippen LogP contribution < -0.4 is 5.73 Å². The molecule has 9 heteroatoms. The number of hydrogen-bond acceptors (Lipinski definition) is 3. The molecule has 2 aliphatic rings. The molecule has 0 bridgehead atoms. The van der Waals surface area contributed by atoms with Crippen LogP contribution in [0.1, 0.15) is 62.0 Å². The van der Waals surface area contributed by atoms with Crippen LogP contribution in [0.15, 0.2) is 48.7 Å². The number of likely N-dealkylation sites (tertiary alicyclic amines) is 1. The lowest BCUT2D eigenvalue weighted by Crippen LogP contribution is -2.56. The molecule has 2 atom stereocenters. The second-order valence-corrected chi connectivity index (χ2v) is 11.2. The largest absolute Gasteiger partial charge is 0.370 e. The van der Waals surface area contributed by atoms with Gasteiger partial charge in [-0.2, -0.15) is 0 Å². The average Bonchev–Trinajstić information content (AvgIpc) is 3.38. The first kappa shape index (κ1) is 28.0. The van der Waals surface area contributed by atoms with Crippen molar-refractivity contribution in [3.05, 3.63) is 77.2 Å². The van der Waals surface area contributed by atoms with Gasteiger partial charge in [-0.1, -0.05) is 18.2 Å². The molecule has 2 unspecified atom stereocenters. The molecule has 1 aromatic heterocycles. The number of halogens is 3. The van der Waals surface area contributed by atoms with Crippen molar-refractivity contribution in [2.45, 2.75) is 63.1 Å². The first-order valence-corrected chi connectivity index (χ1v) is 13.9. The molecule has 3 N–H and O–H groups in total. The summed E-state index contributed by atoms with van der Waals surface area (Å²) in [7, 11) is 2.03. The van der Waals surface area contributed by atoms with E-state index in [-0.39, 0.29) is 41.9 Å². The zero-order chi connectivity index (χ0) is 28.4. The first-order valence-electron chi connectivity index (χ1n) is 13.9. The van der Waals surface area contributed by atoms with E-state index in [1.54, 1.807) is 4.90 Å². The number of rotatable bonds is 7. The van der Waals surface area contributed by atoms with Crippen LogP contribution in [0.4, 0.5) is 13.2 Å². The zero-order valence-corrected chi connectivity index (χ0v) is 22.6. The van der Waals surface area contributed by atoms with Crippen molar-refractivity contribution in [2.75, 3.05) is 13.6 Å². The van der Waals surface area contributed by atoms with Gasteiger partial charge in [0.15, 0.2) is 17.5 Å². The Hall–Kier alpha value is -3.59. The fraction of sp³-hybridized carbons (Fsp3) is 0.419. The predicted molar refractivity (Wildman–Crippen MR) is 148 cm³/mol. The Morgan fingerprint density at radius 1 is 1.07 bits per heavy atom. The van der Waals surface area contributed by atoms with E-state index in [2.05, 4.69) is 34.3 Å². The third-order valence-electron chi connectivity index (χ3n) is 8.68. The molecule has 1 aliphatic heterocycles. The molecule has 2 aromatic carbocycles. The van der Waals surface area contributed by atoms with Crippen molar-refractivity contribution in [3.63, 3.8) is 0 Å². The quantitative estimate of drug-likeness (QED) is 0.292. The third-order valence-corrected chi connectivity index (χ3v) is 8.68. The summed E-state index contributed by atoms with van der Waals surface area (Å²) in [6.45, 7) is 0.437. The van der Waals surface area contributed by atoms with Crippen molar-refractivity contribution < 1.29 is 22.8 Å². The second kappa shape index (κ2) is 11.9. The number of carbonyl (C=O) groups is 2. The minimum absolute atomic E-state index is 0.0638. The van der Waals surface area contributed by atoms with Crippen LogP contribution in [0.5, 0.6) is 0 Å². The maximum absolute atomic E-state index is 13.6. The van der Waals surface area contributed by atoms with Crippen LogP contribution in [-0.2, 0) is 9.59 Å². The SMILES string of the molecule is CN(C1CCC(c2c[nH]c3ccccc23)CC1)C1CC(CC(N)=O)CCN1C(=O)/C=C/c1cc(F)c(F)c(F)c1. The summed E-state index contributed by atoms with van der Waals surface area (Å²) in [6.07, 6.45) is 9.99. The number of fused-ring (bicyclic) bond motifs is 1. The number of nitrogens with two attached hydrogens (primary N) is 1.